The first-order valence-electron chi connectivity index (χ1n) is 7.12. The van der Waals surface area contributed by atoms with Crippen LogP contribution in [0.2, 0.25) is 0 Å². The lowest BCUT2D eigenvalue weighted by atomic mass is 10.1. The maximum absolute atomic E-state index is 13.8. The Hall–Kier alpha value is -2.41. The molecule has 1 aromatic carbocycles. The summed E-state index contributed by atoms with van der Waals surface area (Å²) in [5.41, 5.74) is 1.64. The quantitative estimate of drug-likeness (QED) is 0.886. The molecule has 0 bridgehead atoms. The molecule has 2 aromatic rings. The number of aryl methyl sites for hydroxylation is 1. The summed E-state index contributed by atoms with van der Waals surface area (Å²) in [6.07, 6.45) is 1.63. The van der Waals surface area contributed by atoms with Gasteiger partial charge in [0.1, 0.15) is 5.69 Å². The third kappa shape index (κ3) is 3.87. The fourth-order valence-electron chi connectivity index (χ4n) is 2.28. The van der Waals surface area contributed by atoms with Gasteiger partial charge in [-0.2, -0.15) is 5.10 Å². The molecule has 23 heavy (non-hydrogen) atoms. The van der Waals surface area contributed by atoms with E-state index in [-0.39, 0.29) is 24.3 Å². The van der Waals surface area contributed by atoms with Gasteiger partial charge in [-0.25, -0.2) is 4.39 Å². The molecule has 0 saturated heterocycles. The molecule has 1 N–H and O–H groups in total. The second kappa shape index (κ2) is 7.23. The first-order chi connectivity index (χ1) is 11.0. The van der Waals surface area contributed by atoms with Crippen LogP contribution >= 0.6 is 0 Å². The highest BCUT2D eigenvalue weighted by atomic mass is 19.1. The summed E-state index contributed by atoms with van der Waals surface area (Å²) < 4.78 is 25.3. The van der Waals surface area contributed by atoms with E-state index in [2.05, 4.69) is 10.4 Å². The lowest BCUT2D eigenvalue weighted by Crippen LogP contribution is -2.27. The first-order valence-corrected chi connectivity index (χ1v) is 7.12. The van der Waals surface area contributed by atoms with Gasteiger partial charge < -0.3 is 14.8 Å². The average Bonchev–Trinajstić information content (AvgIpc) is 2.88. The van der Waals surface area contributed by atoms with Gasteiger partial charge in [-0.3, -0.25) is 9.48 Å². The number of methoxy groups -OCH3 is 2. The largest absolute Gasteiger partial charge is 0.494 e. The third-order valence-corrected chi connectivity index (χ3v) is 3.45. The Morgan fingerprint density at radius 3 is 2.78 bits per heavy atom. The topological polar surface area (TPSA) is 65.4 Å². The van der Waals surface area contributed by atoms with Crippen molar-refractivity contribution in [1.82, 2.24) is 15.1 Å². The van der Waals surface area contributed by atoms with Crippen LogP contribution in [0.5, 0.6) is 5.75 Å². The van der Waals surface area contributed by atoms with Crippen molar-refractivity contribution >= 4 is 5.91 Å². The van der Waals surface area contributed by atoms with Crippen LogP contribution in [0.3, 0.4) is 0 Å². The zero-order chi connectivity index (χ0) is 17.0. The molecular formula is C16H20FN3O3. The summed E-state index contributed by atoms with van der Waals surface area (Å²) in [7, 11) is 4.68. The molecule has 1 unspecified atom stereocenters. The van der Waals surface area contributed by atoms with E-state index >= 15 is 0 Å². The summed E-state index contributed by atoms with van der Waals surface area (Å²) in [6, 6.07) is 4.24. The van der Waals surface area contributed by atoms with Crippen LogP contribution in [-0.2, 0) is 18.4 Å². The van der Waals surface area contributed by atoms with E-state index in [1.165, 1.54) is 19.2 Å². The molecule has 7 heteroatoms. The summed E-state index contributed by atoms with van der Waals surface area (Å²) in [4.78, 5) is 12.4. The molecule has 0 aliphatic rings. The molecule has 1 heterocycles. The monoisotopic (exact) mass is 321 g/mol. The fourth-order valence-corrected chi connectivity index (χ4v) is 2.28. The standard InChI is InChI=1S/C16H20FN3O3/c1-10(11-5-6-15(23-4)13(17)7-11)18-16(21)12-8-20(2)19-14(12)9-22-3/h5-8,10H,9H2,1-4H3,(H,18,21). The molecule has 0 radical (unpaired) electrons. The third-order valence-electron chi connectivity index (χ3n) is 3.45. The predicted octanol–water partition coefficient (Wildman–Crippen LogP) is 2.21. The second-order valence-corrected chi connectivity index (χ2v) is 5.19. The number of aromatic nitrogens is 2. The number of nitrogens with zero attached hydrogens (tertiary/aromatic N) is 2. The minimum atomic E-state index is -0.465. The number of hydrogen-bond acceptors (Lipinski definition) is 4. The average molecular weight is 321 g/mol. The minimum Gasteiger partial charge on any atom is -0.494 e. The summed E-state index contributed by atoms with van der Waals surface area (Å²) in [5, 5.41) is 7.03. The Morgan fingerprint density at radius 2 is 2.17 bits per heavy atom. The molecule has 0 spiro atoms. The van der Waals surface area contributed by atoms with E-state index in [4.69, 9.17) is 9.47 Å². The van der Waals surface area contributed by atoms with E-state index < -0.39 is 5.82 Å². The van der Waals surface area contributed by atoms with Gasteiger partial charge in [0.05, 0.1) is 25.3 Å². The number of ether oxygens (including phenoxy) is 2. The number of hydrogen-bond donors (Lipinski definition) is 1. The molecule has 2 rings (SSSR count). The normalized spacial score (nSPS) is 12.0. The molecule has 6 nitrogen and oxygen atoms in total. The Morgan fingerprint density at radius 1 is 1.43 bits per heavy atom. The summed E-state index contributed by atoms with van der Waals surface area (Å²) >= 11 is 0. The van der Waals surface area contributed by atoms with Crippen molar-refractivity contribution in [2.45, 2.75) is 19.6 Å². The van der Waals surface area contributed by atoms with Crippen molar-refractivity contribution in [3.63, 3.8) is 0 Å². The molecule has 0 aliphatic heterocycles. The van der Waals surface area contributed by atoms with Crippen LogP contribution in [-0.4, -0.2) is 29.9 Å². The molecule has 1 aromatic heterocycles. The minimum absolute atomic E-state index is 0.168. The van der Waals surface area contributed by atoms with Gasteiger partial charge in [0.2, 0.25) is 0 Å². The van der Waals surface area contributed by atoms with Gasteiger partial charge in [0.25, 0.3) is 5.91 Å². The molecule has 0 saturated carbocycles. The van der Waals surface area contributed by atoms with Crippen molar-refractivity contribution in [3.05, 3.63) is 47.0 Å². The maximum Gasteiger partial charge on any atom is 0.255 e. The van der Waals surface area contributed by atoms with Crippen molar-refractivity contribution in [2.24, 2.45) is 7.05 Å². The van der Waals surface area contributed by atoms with Gasteiger partial charge >= 0.3 is 0 Å². The van der Waals surface area contributed by atoms with E-state index in [0.29, 0.717) is 16.8 Å². The summed E-state index contributed by atoms with van der Waals surface area (Å²) in [5.74, 6) is -0.580. The molecule has 0 aliphatic carbocycles. The van der Waals surface area contributed by atoms with Crippen molar-refractivity contribution in [2.75, 3.05) is 14.2 Å². The Labute approximate surface area is 134 Å². The van der Waals surface area contributed by atoms with Crippen molar-refractivity contribution in [3.8, 4) is 5.75 Å². The van der Waals surface area contributed by atoms with Crippen molar-refractivity contribution in [1.29, 1.82) is 0 Å². The molecular weight excluding hydrogens is 301 g/mol. The molecule has 0 fully saturated rings. The van der Waals surface area contributed by atoms with Gasteiger partial charge in [-0.15, -0.1) is 0 Å². The van der Waals surface area contributed by atoms with Crippen molar-refractivity contribution < 1.29 is 18.7 Å². The maximum atomic E-state index is 13.8. The Balaban J connectivity index is 2.15. The van der Waals surface area contributed by atoms with E-state index in [1.807, 2.05) is 0 Å². The van der Waals surface area contributed by atoms with Gasteiger partial charge in [-0.1, -0.05) is 6.07 Å². The number of benzene rings is 1. The highest BCUT2D eigenvalue weighted by molar-refractivity contribution is 5.95. The number of amides is 1. The molecule has 1 amide bonds. The van der Waals surface area contributed by atoms with E-state index in [0.717, 1.165) is 0 Å². The fraction of sp³-hybridized carbons (Fsp3) is 0.375. The van der Waals surface area contributed by atoms with E-state index in [1.54, 1.807) is 38.0 Å². The number of carbonyl (C=O) groups excluding carboxylic acids is 1. The van der Waals surface area contributed by atoms with Gasteiger partial charge in [0, 0.05) is 20.4 Å². The number of nitrogens with one attached hydrogen (secondary N) is 1. The zero-order valence-electron chi connectivity index (χ0n) is 13.6. The predicted molar refractivity (Wildman–Crippen MR) is 82.8 cm³/mol. The number of halogens is 1. The van der Waals surface area contributed by atoms with Gasteiger partial charge in [0.15, 0.2) is 11.6 Å². The smallest absolute Gasteiger partial charge is 0.255 e. The van der Waals surface area contributed by atoms with Crippen LogP contribution in [0, 0.1) is 5.82 Å². The highest BCUT2D eigenvalue weighted by Crippen LogP contribution is 2.22. The second-order valence-electron chi connectivity index (χ2n) is 5.19. The van der Waals surface area contributed by atoms with Crippen LogP contribution in [0.1, 0.15) is 34.6 Å². The lowest BCUT2D eigenvalue weighted by molar-refractivity contribution is 0.0934. The number of rotatable bonds is 6. The van der Waals surface area contributed by atoms with Crippen LogP contribution in [0.15, 0.2) is 24.4 Å². The van der Waals surface area contributed by atoms with Crippen LogP contribution in [0.25, 0.3) is 0 Å². The molecule has 1 atom stereocenters. The van der Waals surface area contributed by atoms with Crippen LogP contribution in [0.4, 0.5) is 4.39 Å². The lowest BCUT2D eigenvalue weighted by Gasteiger charge is -2.15. The summed E-state index contributed by atoms with van der Waals surface area (Å²) in [6.45, 7) is 2.03. The van der Waals surface area contributed by atoms with E-state index in [9.17, 15) is 9.18 Å². The van der Waals surface area contributed by atoms with Crippen LogP contribution < -0.4 is 10.1 Å². The first kappa shape index (κ1) is 17.0. The Kier molecular flexibility index (Phi) is 5.33. The number of carbonyl (C=O) groups is 1. The van der Waals surface area contributed by atoms with Gasteiger partial charge in [-0.05, 0) is 24.6 Å². The highest BCUT2D eigenvalue weighted by Gasteiger charge is 2.18. The SMILES string of the molecule is COCc1nn(C)cc1C(=O)NC(C)c1ccc(OC)c(F)c1. The Bertz CT molecular complexity index is 700. The molecule has 124 valence electrons. The zero-order valence-corrected chi connectivity index (χ0v) is 13.6.